The summed E-state index contributed by atoms with van der Waals surface area (Å²) in [4.78, 5) is 23.3. The van der Waals surface area contributed by atoms with Crippen LogP contribution in [0, 0.1) is 27.4 Å². The van der Waals surface area contributed by atoms with Gasteiger partial charge >= 0.3 is 0 Å². The quantitative estimate of drug-likeness (QED) is 0.228. The van der Waals surface area contributed by atoms with Gasteiger partial charge in [-0.3, -0.25) is 20.2 Å². The molecule has 2 heterocycles. The molecule has 0 fully saturated rings. The fraction of sp³-hybridized carbons (Fsp3) is 0.238. The fourth-order valence-electron chi connectivity index (χ4n) is 2.76. The fourth-order valence-corrected chi connectivity index (χ4v) is 3.71. The Bertz CT molecular complexity index is 1220. The molecule has 10 nitrogen and oxygen atoms in total. The van der Waals surface area contributed by atoms with Gasteiger partial charge in [0.05, 0.1) is 23.7 Å². The first-order valence-corrected chi connectivity index (χ1v) is 10.3. The second-order valence-corrected chi connectivity index (χ2v) is 8.13. The molecule has 3 rings (SSSR count). The van der Waals surface area contributed by atoms with Crippen LogP contribution < -0.4 is 10.1 Å². The summed E-state index contributed by atoms with van der Waals surface area (Å²) < 4.78 is 10.7. The summed E-state index contributed by atoms with van der Waals surface area (Å²) in [6.45, 7) is 4.10. The van der Waals surface area contributed by atoms with E-state index in [2.05, 4.69) is 15.5 Å². The van der Waals surface area contributed by atoms with Crippen LogP contribution in [0.2, 0.25) is 0 Å². The minimum Gasteiger partial charge on any atom is -0.497 e. The van der Waals surface area contributed by atoms with Crippen LogP contribution in [0.5, 0.6) is 5.75 Å². The monoisotopic (exact) mass is 453 g/mol. The Balaban J connectivity index is 1.81. The number of nitriles is 1. The highest BCUT2D eigenvalue weighted by Crippen LogP contribution is 2.34. The number of furan rings is 1. The number of carbonyl (C=O) groups is 1. The number of aromatic nitrogens is 2. The molecule has 0 aliphatic rings. The number of nitrogens with one attached hydrogen (secondary N) is 1. The van der Waals surface area contributed by atoms with Crippen molar-refractivity contribution in [2.24, 2.45) is 5.92 Å². The zero-order valence-corrected chi connectivity index (χ0v) is 18.3. The molecule has 2 aromatic heterocycles. The van der Waals surface area contributed by atoms with Gasteiger partial charge in [0.25, 0.3) is 11.6 Å². The Morgan fingerprint density at radius 1 is 1.38 bits per heavy atom. The third-order valence-corrected chi connectivity index (χ3v) is 5.08. The molecular weight excluding hydrogens is 434 g/mol. The Labute approximate surface area is 187 Å². The van der Waals surface area contributed by atoms with Crippen LogP contribution in [0.25, 0.3) is 17.4 Å². The first-order chi connectivity index (χ1) is 15.3. The number of rotatable bonds is 8. The highest BCUT2D eigenvalue weighted by atomic mass is 32.1. The topological polar surface area (TPSA) is 144 Å². The van der Waals surface area contributed by atoms with Gasteiger partial charge in [-0.25, -0.2) is 0 Å². The van der Waals surface area contributed by atoms with Gasteiger partial charge in [-0.05, 0) is 30.2 Å². The van der Waals surface area contributed by atoms with Crippen molar-refractivity contribution in [1.29, 1.82) is 5.26 Å². The summed E-state index contributed by atoms with van der Waals surface area (Å²) in [5.41, 5.74) is -0.165. The Morgan fingerprint density at radius 3 is 2.81 bits per heavy atom. The summed E-state index contributed by atoms with van der Waals surface area (Å²) in [6.07, 6.45) is 1.99. The van der Waals surface area contributed by atoms with E-state index in [-0.39, 0.29) is 28.3 Å². The molecule has 0 radical (unpaired) electrons. The van der Waals surface area contributed by atoms with Gasteiger partial charge in [-0.2, -0.15) is 5.26 Å². The molecule has 32 heavy (non-hydrogen) atoms. The van der Waals surface area contributed by atoms with Crippen molar-refractivity contribution in [3.8, 4) is 23.1 Å². The minimum atomic E-state index is -0.659. The second-order valence-electron chi connectivity index (χ2n) is 7.07. The van der Waals surface area contributed by atoms with Gasteiger partial charge in [0.2, 0.25) is 5.13 Å². The maximum atomic E-state index is 12.5. The highest BCUT2D eigenvalue weighted by molar-refractivity contribution is 7.15. The Kier molecular flexibility index (Phi) is 6.97. The van der Waals surface area contributed by atoms with Gasteiger partial charge in [-0.15, -0.1) is 10.2 Å². The van der Waals surface area contributed by atoms with Crippen molar-refractivity contribution in [1.82, 2.24) is 10.2 Å². The van der Waals surface area contributed by atoms with Gasteiger partial charge in [0.1, 0.15) is 33.9 Å². The standard InChI is InChI=1S/C21H19N5O5S/c1-12(2)8-19-24-25-21(32-19)23-20(27)13(11-22)9-15-5-7-18(31-15)16-6-4-14(30-3)10-17(16)26(28)29/h4-7,9-10,12H,8H2,1-3H3,(H,23,25,27)/b13-9-. The highest BCUT2D eigenvalue weighted by Gasteiger charge is 2.20. The van der Waals surface area contributed by atoms with Crippen LogP contribution in [-0.2, 0) is 11.2 Å². The maximum absolute atomic E-state index is 12.5. The first kappa shape index (κ1) is 22.6. The third kappa shape index (κ3) is 5.35. The molecule has 0 aliphatic heterocycles. The van der Waals surface area contributed by atoms with E-state index in [0.717, 1.165) is 11.4 Å². The number of hydrogen-bond donors (Lipinski definition) is 1. The van der Waals surface area contributed by atoms with Crippen LogP contribution in [-0.4, -0.2) is 28.1 Å². The number of nitrogens with zero attached hydrogens (tertiary/aromatic N) is 4. The SMILES string of the molecule is COc1ccc(-c2ccc(/C=C(/C#N)C(=O)Nc3nnc(CC(C)C)s3)o2)c([N+](=O)[O-])c1. The molecule has 1 amide bonds. The van der Waals surface area contributed by atoms with Crippen molar-refractivity contribution < 1.29 is 18.9 Å². The number of carbonyl (C=O) groups excluding carboxylic acids is 1. The molecule has 0 aliphatic carbocycles. The first-order valence-electron chi connectivity index (χ1n) is 9.49. The van der Waals surface area contributed by atoms with Crippen LogP contribution >= 0.6 is 11.3 Å². The van der Waals surface area contributed by atoms with Gasteiger partial charge in [0.15, 0.2) is 0 Å². The van der Waals surface area contributed by atoms with Gasteiger partial charge < -0.3 is 9.15 Å². The number of hydrogen-bond acceptors (Lipinski definition) is 9. The summed E-state index contributed by atoms with van der Waals surface area (Å²) in [5.74, 6) is 0.480. The number of anilines is 1. The minimum absolute atomic E-state index is 0.189. The number of methoxy groups -OCH3 is 1. The summed E-state index contributed by atoms with van der Waals surface area (Å²) in [5, 5.41) is 32.4. The number of amides is 1. The van der Waals surface area contributed by atoms with E-state index in [9.17, 15) is 20.2 Å². The molecule has 0 saturated heterocycles. The lowest BCUT2D eigenvalue weighted by Crippen LogP contribution is -2.13. The summed E-state index contributed by atoms with van der Waals surface area (Å²) in [6, 6.07) is 9.23. The molecule has 0 atom stereocenters. The molecule has 3 aromatic rings. The Hall–Kier alpha value is -4.04. The molecular formula is C21H19N5O5S. The molecule has 0 bridgehead atoms. The van der Waals surface area contributed by atoms with Gasteiger partial charge in [0, 0.05) is 12.5 Å². The van der Waals surface area contributed by atoms with Crippen LogP contribution in [0.4, 0.5) is 10.8 Å². The molecule has 1 N–H and O–H groups in total. The molecule has 11 heteroatoms. The number of nitro groups is 1. The van der Waals surface area contributed by atoms with Crippen LogP contribution in [0.1, 0.15) is 24.6 Å². The third-order valence-electron chi connectivity index (χ3n) is 4.22. The average molecular weight is 453 g/mol. The zero-order valence-electron chi connectivity index (χ0n) is 17.5. The lowest BCUT2D eigenvalue weighted by molar-refractivity contribution is -0.384. The van der Waals surface area contributed by atoms with E-state index in [0.29, 0.717) is 16.8 Å². The average Bonchev–Trinajstić information content (AvgIpc) is 3.40. The van der Waals surface area contributed by atoms with Crippen molar-refractivity contribution in [3.05, 3.63) is 56.8 Å². The van der Waals surface area contributed by atoms with Crippen molar-refractivity contribution >= 4 is 34.1 Å². The summed E-state index contributed by atoms with van der Waals surface area (Å²) >= 11 is 1.24. The maximum Gasteiger partial charge on any atom is 0.284 e. The summed E-state index contributed by atoms with van der Waals surface area (Å²) in [7, 11) is 1.41. The zero-order chi connectivity index (χ0) is 23.3. The van der Waals surface area contributed by atoms with E-state index < -0.39 is 10.8 Å². The number of nitro benzene ring substituents is 1. The molecule has 0 saturated carbocycles. The predicted molar refractivity (Wildman–Crippen MR) is 118 cm³/mol. The van der Waals surface area contributed by atoms with Gasteiger partial charge in [-0.1, -0.05) is 25.2 Å². The largest absolute Gasteiger partial charge is 0.497 e. The smallest absolute Gasteiger partial charge is 0.284 e. The predicted octanol–water partition coefficient (Wildman–Crippen LogP) is 4.46. The molecule has 0 spiro atoms. The Morgan fingerprint density at radius 2 is 2.16 bits per heavy atom. The van der Waals surface area contributed by atoms with E-state index in [1.165, 1.54) is 48.8 Å². The van der Waals surface area contributed by atoms with Crippen LogP contribution in [0.3, 0.4) is 0 Å². The second kappa shape index (κ2) is 9.84. The molecule has 0 unspecified atom stereocenters. The molecule has 1 aromatic carbocycles. The molecule has 164 valence electrons. The number of benzene rings is 1. The lowest BCUT2D eigenvalue weighted by atomic mass is 10.1. The van der Waals surface area contributed by atoms with E-state index in [1.807, 2.05) is 19.9 Å². The van der Waals surface area contributed by atoms with Crippen molar-refractivity contribution in [2.45, 2.75) is 20.3 Å². The van der Waals surface area contributed by atoms with E-state index in [4.69, 9.17) is 9.15 Å². The van der Waals surface area contributed by atoms with E-state index >= 15 is 0 Å². The van der Waals surface area contributed by atoms with Crippen LogP contribution in [0.15, 0.2) is 40.3 Å². The normalized spacial score (nSPS) is 11.3. The number of ether oxygens (including phenoxy) is 1. The van der Waals surface area contributed by atoms with Crippen molar-refractivity contribution in [3.63, 3.8) is 0 Å². The van der Waals surface area contributed by atoms with E-state index in [1.54, 1.807) is 6.07 Å². The van der Waals surface area contributed by atoms with Crippen molar-refractivity contribution in [2.75, 3.05) is 12.4 Å². The lowest BCUT2D eigenvalue weighted by Gasteiger charge is -2.03.